The summed E-state index contributed by atoms with van der Waals surface area (Å²) < 4.78 is 1.73. The number of hydrogen-bond donors (Lipinski definition) is 2. The van der Waals surface area contributed by atoms with E-state index in [1.807, 2.05) is 13.2 Å². The van der Waals surface area contributed by atoms with Gasteiger partial charge in [-0.15, -0.1) is 0 Å². The van der Waals surface area contributed by atoms with E-state index < -0.39 is 11.4 Å². The number of nitrogens with zero attached hydrogens (tertiary/aromatic N) is 2. The zero-order valence-electron chi connectivity index (χ0n) is 10.3. The molecule has 0 radical (unpaired) electrons. The summed E-state index contributed by atoms with van der Waals surface area (Å²) in [6.07, 6.45) is 6.25. The molecule has 98 valence electrons. The van der Waals surface area contributed by atoms with Crippen molar-refractivity contribution in [3.63, 3.8) is 0 Å². The standard InChI is InChI=1S/C12H17N3O3/c1-15-8-9(7-14-15)3-2-6-13-10(16)12(4-5-12)11(17)18/h7-8H,2-6H2,1H3,(H,13,16)(H,17,18). The van der Waals surface area contributed by atoms with Gasteiger partial charge in [-0.3, -0.25) is 14.3 Å². The van der Waals surface area contributed by atoms with E-state index >= 15 is 0 Å². The van der Waals surface area contributed by atoms with Crippen LogP contribution in [0, 0.1) is 5.41 Å². The maximum absolute atomic E-state index is 11.7. The summed E-state index contributed by atoms with van der Waals surface area (Å²) in [6.45, 7) is 0.503. The third kappa shape index (κ3) is 2.52. The minimum absolute atomic E-state index is 0.346. The summed E-state index contributed by atoms with van der Waals surface area (Å²) in [5.41, 5.74) is -0.0139. The summed E-state index contributed by atoms with van der Waals surface area (Å²) in [6, 6.07) is 0. The first-order valence-corrected chi connectivity index (χ1v) is 6.04. The number of carboxylic acids is 1. The molecule has 1 aliphatic carbocycles. The van der Waals surface area contributed by atoms with Gasteiger partial charge in [0, 0.05) is 19.8 Å². The summed E-state index contributed by atoms with van der Waals surface area (Å²) >= 11 is 0. The van der Waals surface area contributed by atoms with Gasteiger partial charge < -0.3 is 10.4 Å². The molecule has 0 atom stereocenters. The van der Waals surface area contributed by atoms with Gasteiger partial charge in [0.1, 0.15) is 5.41 Å². The monoisotopic (exact) mass is 251 g/mol. The van der Waals surface area contributed by atoms with Gasteiger partial charge in [0.2, 0.25) is 5.91 Å². The molecule has 6 nitrogen and oxygen atoms in total. The minimum atomic E-state index is -1.13. The van der Waals surface area contributed by atoms with E-state index in [0.717, 1.165) is 18.4 Å². The molecular formula is C12H17N3O3. The lowest BCUT2D eigenvalue weighted by atomic mass is 10.1. The molecule has 1 fully saturated rings. The lowest BCUT2D eigenvalue weighted by molar-refractivity contribution is -0.149. The highest BCUT2D eigenvalue weighted by molar-refractivity contribution is 6.04. The van der Waals surface area contributed by atoms with Gasteiger partial charge in [-0.05, 0) is 31.2 Å². The van der Waals surface area contributed by atoms with Crippen LogP contribution in [0.2, 0.25) is 0 Å². The molecule has 0 saturated heterocycles. The van der Waals surface area contributed by atoms with Crippen LogP contribution in [0.5, 0.6) is 0 Å². The Morgan fingerprint density at radius 3 is 2.78 bits per heavy atom. The fraction of sp³-hybridized carbons (Fsp3) is 0.583. The second-order valence-corrected chi connectivity index (χ2v) is 4.77. The number of aliphatic carboxylic acids is 1. The first kappa shape index (κ1) is 12.6. The smallest absolute Gasteiger partial charge is 0.319 e. The highest BCUT2D eigenvalue weighted by atomic mass is 16.4. The van der Waals surface area contributed by atoms with E-state index in [4.69, 9.17) is 5.11 Å². The molecule has 1 aromatic rings. The van der Waals surface area contributed by atoms with Crippen molar-refractivity contribution in [1.29, 1.82) is 0 Å². The molecule has 2 N–H and O–H groups in total. The third-order valence-corrected chi connectivity index (χ3v) is 3.28. The van der Waals surface area contributed by atoms with Crippen LogP contribution in [0.15, 0.2) is 12.4 Å². The summed E-state index contributed by atoms with van der Waals surface area (Å²) in [7, 11) is 1.86. The molecule has 1 heterocycles. The number of rotatable bonds is 6. The van der Waals surface area contributed by atoms with E-state index in [1.165, 1.54) is 0 Å². The van der Waals surface area contributed by atoms with Crippen LogP contribution in [0.25, 0.3) is 0 Å². The third-order valence-electron chi connectivity index (χ3n) is 3.28. The number of carbonyl (C=O) groups is 2. The Morgan fingerprint density at radius 2 is 2.28 bits per heavy atom. The summed E-state index contributed by atoms with van der Waals surface area (Å²) in [5.74, 6) is -1.35. The highest BCUT2D eigenvalue weighted by Crippen LogP contribution is 2.45. The molecule has 0 unspecified atom stereocenters. The van der Waals surface area contributed by atoms with E-state index in [-0.39, 0.29) is 5.91 Å². The van der Waals surface area contributed by atoms with E-state index in [1.54, 1.807) is 10.9 Å². The van der Waals surface area contributed by atoms with E-state index in [2.05, 4.69) is 10.4 Å². The van der Waals surface area contributed by atoms with Gasteiger partial charge in [-0.2, -0.15) is 5.10 Å². The molecular weight excluding hydrogens is 234 g/mol. The van der Waals surface area contributed by atoms with Crippen LogP contribution < -0.4 is 5.32 Å². The van der Waals surface area contributed by atoms with Gasteiger partial charge in [-0.25, -0.2) is 0 Å². The van der Waals surface area contributed by atoms with Crippen molar-refractivity contribution in [1.82, 2.24) is 15.1 Å². The Balaban J connectivity index is 1.70. The Labute approximate surface area is 105 Å². The second-order valence-electron chi connectivity index (χ2n) is 4.77. The second kappa shape index (κ2) is 4.80. The highest BCUT2D eigenvalue weighted by Gasteiger charge is 2.56. The van der Waals surface area contributed by atoms with Crippen LogP contribution in [0.4, 0.5) is 0 Å². The maximum atomic E-state index is 11.7. The van der Waals surface area contributed by atoms with Crippen LogP contribution in [0.1, 0.15) is 24.8 Å². The normalized spacial score (nSPS) is 16.3. The predicted octanol–water partition coefficient (Wildman–Crippen LogP) is 0.334. The van der Waals surface area contributed by atoms with Crippen LogP contribution in [0.3, 0.4) is 0 Å². The number of aryl methyl sites for hydroxylation is 2. The van der Waals surface area contributed by atoms with Crippen LogP contribution in [-0.4, -0.2) is 33.3 Å². The molecule has 18 heavy (non-hydrogen) atoms. The molecule has 2 rings (SSSR count). The largest absolute Gasteiger partial charge is 0.480 e. The number of hydrogen-bond acceptors (Lipinski definition) is 3. The Hall–Kier alpha value is -1.85. The number of amides is 1. The predicted molar refractivity (Wildman–Crippen MR) is 63.8 cm³/mol. The Kier molecular flexibility index (Phi) is 3.36. The summed E-state index contributed by atoms with van der Waals surface area (Å²) in [5, 5.41) is 15.7. The van der Waals surface area contributed by atoms with Crippen molar-refractivity contribution >= 4 is 11.9 Å². The first-order valence-electron chi connectivity index (χ1n) is 6.04. The van der Waals surface area contributed by atoms with Crippen molar-refractivity contribution in [2.24, 2.45) is 12.5 Å². The molecule has 1 saturated carbocycles. The zero-order chi connectivity index (χ0) is 13.2. The average Bonchev–Trinajstić information content (AvgIpc) is 3.04. The molecule has 0 aromatic carbocycles. The molecule has 1 aromatic heterocycles. The number of aromatic nitrogens is 2. The van der Waals surface area contributed by atoms with Crippen LogP contribution >= 0.6 is 0 Å². The fourth-order valence-electron chi connectivity index (χ4n) is 1.93. The average molecular weight is 251 g/mol. The Bertz CT molecular complexity index is 463. The lowest BCUT2D eigenvalue weighted by Gasteiger charge is -2.10. The summed E-state index contributed by atoms with van der Waals surface area (Å²) in [4.78, 5) is 22.6. The van der Waals surface area contributed by atoms with Crippen molar-refractivity contribution in [3.8, 4) is 0 Å². The number of carbonyl (C=O) groups excluding carboxylic acids is 1. The topological polar surface area (TPSA) is 84.2 Å². The van der Waals surface area contributed by atoms with Gasteiger partial charge >= 0.3 is 5.97 Å². The molecule has 6 heteroatoms. The molecule has 1 amide bonds. The van der Waals surface area contributed by atoms with Crippen molar-refractivity contribution < 1.29 is 14.7 Å². The van der Waals surface area contributed by atoms with Gasteiger partial charge in [0.15, 0.2) is 0 Å². The van der Waals surface area contributed by atoms with E-state index in [9.17, 15) is 9.59 Å². The molecule has 1 aliphatic rings. The minimum Gasteiger partial charge on any atom is -0.480 e. The van der Waals surface area contributed by atoms with Crippen molar-refractivity contribution in [2.45, 2.75) is 25.7 Å². The maximum Gasteiger partial charge on any atom is 0.319 e. The quantitative estimate of drug-likeness (QED) is 0.564. The van der Waals surface area contributed by atoms with Gasteiger partial charge in [0.25, 0.3) is 0 Å². The van der Waals surface area contributed by atoms with Gasteiger partial charge in [0.05, 0.1) is 6.20 Å². The Morgan fingerprint density at radius 1 is 1.56 bits per heavy atom. The molecule has 0 aliphatic heterocycles. The first-order chi connectivity index (χ1) is 8.54. The number of carboxylic acid groups (broad SMARTS) is 1. The lowest BCUT2D eigenvalue weighted by Crippen LogP contribution is -2.37. The molecule has 0 bridgehead atoms. The van der Waals surface area contributed by atoms with E-state index in [0.29, 0.717) is 19.4 Å². The van der Waals surface area contributed by atoms with Crippen LogP contribution in [-0.2, 0) is 23.1 Å². The van der Waals surface area contributed by atoms with Gasteiger partial charge in [-0.1, -0.05) is 0 Å². The fourth-order valence-corrected chi connectivity index (χ4v) is 1.93. The zero-order valence-corrected chi connectivity index (χ0v) is 10.3. The molecule has 0 spiro atoms. The number of nitrogens with one attached hydrogen (secondary N) is 1. The SMILES string of the molecule is Cn1cc(CCCNC(=O)C2(C(=O)O)CC2)cn1. The van der Waals surface area contributed by atoms with Crippen molar-refractivity contribution in [3.05, 3.63) is 18.0 Å². The van der Waals surface area contributed by atoms with Crippen molar-refractivity contribution in [2.75, 3.05) is 6.54 Å².